The van der Waals surface area contributed by atoms with Gasteiger partial charge in [-0.25, -0.2) is 4.79 Å². The third kappa shape index (κ3) is 1.12. The Labute approximate surface area is 138 Å². The Morgan fingerprint density at radius 1 is 1.25 bits per heavy atom. The maximum absolute atomic E-state index is 12.7. The number of carbonyl (C=O) groups excluding carboxylic acids is 2. The fraction of sp³-hybridized carbons (Fsp3) is 0.667. The molecule has 0 aromatic carbocycles. The predicted octanol–water partition coefficient (Wildman–Crippen LogP) is 0.901. The van der Waals surface area contributed by atoms with Crippen LogP contribution in [0.15, 0.2) is 24.3 Å². The molecule has 1 unspecified atom stereocenters. The van der Waals surface area contributed by atoms with Crippen LogP contribution in [-0.4, -0.2) is 48.1 Å². The van der Waals surface area contributed by atoms with Gasteiger partial charge in [0, 0.05) is 17.4 Å². The van der Waals surface area contributed by atoms with Gasteiger partial charge in [-0.3, -0.25) is 4.79 Å². The van der Waals surface area contributed by atoms with E-state index in [2.05, 4.69) is 13.5 Å². The average Bonchev–Trinajstić information content (AvgIpc) is 3.42. The summed E-state index contributed by atoms with van der Waals surface area (Å²) in [7, 11) is 0. The molecule has 5 fully saturated rings. The molecule has 4 heterocycles. The maximum Gasteiger partial charge on any atom is 0.331 e. The normalized spacial score (nSPS) is 61.3. The predicted molar refractivity (Wildman–Crippen MR) is 78.6 cm³/mol. The molecule has 6 aliphatic rings. The number of fused-ring (bicyclic) bond motifs is 4. The minimum atomic E-state index is -0.723. The van der Waals surface area contributed by atoms with E-state index in [9.17, 15) is 9.59 Å². The van der Waals surface area contributed by atoms with E-state index in [1.807, 2.05) is 6.92 Å². The third-order valence-electron chi connectivity index (χ3n) is 7.31. The first kappa shape index (κ1) is 13.6. The Balaban J connectivity index is 1.61. The van der Waals surface area contributed by atoms with Crippen molar-refractivity contribution in [3.8, 4) is 0 Å². The van der Waals surface area contributed by atoms with Crippen LogP contribution in [0.1, 0.15) is 20.3 Å². The number of ether oxygens (including phenoxy) is 4. The van der Waals surface area contributed by atoms with Gasteiger partial charge in [-0.1, -0.05) is 13.5 Å². The van der Waals surface area contributed by atoms with E-state index in [1.54, 1.807) is 12.2 Å². The highest BCUT2D eigenvalue weighted by atomic mass is 16.7. The van der Waals surface area contributed by atoms with Crippen LogP contribution in [0.5, 0.6) is 0 Å². The fourth-order valence-electron chi connectivity index (χ4n) is 6.39. The lowest BCUT2D eigenvalue weighted by Gasteiger charge is -2.52. The first-order valence-electron chi connectivity index (χ1n) is 8.47. The molecule has 0 amide bonds. The highest BCUT2D eigenvalue weighted by Crippen LogP contribution is 2.75. The molecule has 6 nitrogen and oxygen atoms in total. The molecule has 0 bridgehead atoms. The van der Waals surface area contributed by atoms with E-state index in [4.69, 9.17) is 18.9 Å². The van der Waals surface area contributed by atoms with E-state index in [1.165, 1.54) is 0 Å². The summed E-state index contributed by atoms with van der Waals surface area (Å²) in [4.78, 5) is 24.9. The fourth-order valence-corrected chi connectivity index (χ4v) is 6.39. The number of esters is 2. The molecule has 6 heteroatoms. The first-order valence-corrected chi connectivity index (χ1v) is 8.47. The second-order valence-corrected chi connectivity index (χ2v) is 8.33. The van der Waals surface area contributed by atoms with Gasteiger partial charge in [0.25, 0.3) is 0 Å². The highest BCUT2D eigenvalue weighted by molar-refractivity contribution is 5.88. The number of hydrogen-bond acceptors (Lipinski definition) is 6. The van der Waals surface area contributed by atoms with Crippen molar-refractivity contribution in [2.45, 2.75) is 56.4 Å². The molecule has 9 atom stereocenters. The number of epoxide rings is 2. The molecular weight excluding hydrogens is 312 g/mol. The van der Waals surface area contributed by atoms with Crippen molar-refractivity contribution in [1.29, 1.82) is 0 Å². The van der Waals surface area contributed by atoms with Crippen molar-refractivity contribution in [3.63, 3.8) is 0 Å². The number of hydrogen-bond donors (Lipinski definition) is 0. The Bertz CT molecular complexity index is 771. The summed E-state index contributed by atoms with van der Waals surface area (Å²) in [5.74, 6) is -0.632. The maximum atomic E-state index is 12.7. The minimum absolute atomic E-state index is 0.0379. The summed E-state index contributed by atoms with van der Waals surface area (Å²) < 4.78 is 23.2. The van der Waals surface area contributed by atoms with Crippen molar-refractivity contribution < 1.29 is 28.5 Å². The van der Waals surface area contributed by atoms with Crippen LogP contribution >= 0.6 is 0 Å². The second-order valence-electron chi connectivity index (χ2n) is 8.33. The van der Waals surface area contributed by atoms with Crippen LogP contribution in [0.25, 0.3) is 0 Å². The average molecular weight is 330 g/mol. The van der Waals surface area contributed by atoms with Crippen LogP contribution in [-0.2, 0) is 28.5 Å². The molecule has 6 rings (SSSR count). The molecule has 126 valence electrons. The molecule has 1 spiro atoms. The monoisotopic (exact) mass is 330 g/mol. The summed E-state index contributed by atoms with van der Waals surface area (Å²) >= 11 is 0. The summed E-state index contributed by atoms with van der Waals surface area (Å²) in [6.07, 6.45) is 2.77. The molecular formula is C18H18O6. The van der Waals surface area contributed by atoms with Crippen LogP contribution < -0.4 is 0 Å². The van der Waals surface area contributed by atoms with E-state index in [-0.39, 0.29) is 42.3 Å². The van der Waals surface area contributed by atoms with Crippen LogP contribution in [0.2, 0.25) is 0 Å². The summed E-state index contributed by atoms with van der Waals surface area (Å²) in [5, 5.41) is 0. The van der Waals surface area contributed by atoms with Gasteiger partial charge < -0.3 is 18.9 Å². The molecule has 0 N–H and O–H groups in total. The van der Waals surface area contributed by atoms with Crippen molar-refractivity contribution in [3.05, 3.63) is 24.3 Å². The third-order valence-corrected chi connectivity index (χ3v) is 7.31. The van der Waals surface area contributed by atoms with Crippen molar-refractivity contribution in [2.24, 2.45) is 16.7 Å². The number of cyclic esters (lactones) is 1. The van der Waals surface area contributed by atoms with Gasteiger partial charge in [-0.05, 0) is 25.0 Å². The van der Waals surface area contributed by atoms with E-state index in [0.29, 0.717) is 0 Å². The van der Waals surface area contributed by atoms with Crippen molar-refractivity contribution in [2.75, 3.05) is 0 Å². The van der Waals surface area contributed by atoms with Crippen LogP contribution in [0.4, 0.5) is 0 Å². The van der Waals surface area contributed by atoms with Gasteiger partial charge in [-0.15, -0.1) is 0 Å². The Kier molecular flexibility index (Phi) is 1.98. The summed E-state index contributed by atoms with van der Waals surface area (Å²) in [6.45, 7) is 7.87. The lowest BCUT2D eigenvalue weighted by atomic mass is 9.47. The zero-order valence-corrected chi connectivity index (χ0v) is 13.5. The quantitative estimate of drug-likeness (QED) is 0.404. The van der Waals surface area contributed by atoms with E-state index in [0.717, 1.165) is 12.0 Å². The molecule has 2 aliphatic carbocycles. The molecule has 0 aromatic rings. The summed E-state index contributed by atoms with van der Waals surface area (Å²) in [6, 6.07) is 0. The molecule has 4 aliphatic heterocycles. The lowest BCUT2D eigenvalue weighted by molar-refractivity contribution is -0.149. The van der Waals surface area contributed by atoms with Gasteiger partial charge in [0.1, 0.15) is 23.7 Å². The Morgan fingerprint density at radius 2 is 2.04 bits per heavy atom. The molecule has 0 aromatic heterocycles. The minimum Gasteiger partial charge on any atom is -0.459 e. The van der Waals surface area contributed by atoms with Gasteiger partial charge in [0.15, 0.2) is 11.7 Å². The zero-order chi connectivity index (χ0) is 16.6. The van der Waals surface area contributed by atoms with Crippen LogP contribution in [0, 0.1) is 16.7 Å². The van der Waals surface area contributed by atoms with E-state index < -0.39 is 22.5 Å². The summed E-state index contributed by atoms with van der Waals surface area (Å²) in [5.41, 5.74) is -0.858. The molecule has 0 radical (unpaired) electrons. The molecule has 3 saturated heterocycles. The van der Waals surface area contributed by atoms with Crippen LogP contribution in [0.3, 0.4) is 0 Å². The second kappa shape index (κ2) is 3.48. The molecule has 2 saturated carbocycles. The Morgan fingerprint density at radius 3 is 2.79 bits per heavy atom. The number of rotatable bonds is 1. The Hall–Kier alpha value is -1.66. The highest BCUT2D eigenvalue weighted by Gasteiger charge is 2.86. The topological polar surface area (TPSA) is 77.7 Å². The van der Waals surface area contributed by atoms with Gasteiger partial charge in [0.05, 0.1) is 6.10 Å². The zero-order valence-electron chi connectivity index (χ0n) is 13.5. The van der Waals surface area contributed by atoms with Gasteiger partial charge in [-0.2, -0.15) is 0 Å². The lowest BCUT2D eigenvalue weighted by Crippen LogP contribution is -2.61. The standard InChI is InChI=1S/C18H18O6/c1-4-9-18-8(5-10(19)22-9)16(2)6-7-13(21-7)17(3)12(16)11(14(18)24-18)23-15(17)20/h4-5,7,9,11-14H,1,6H2,2-3H3/t7-,9+,11-,12+,13-,14+,16?,17+,18+/m0/s1. The van der Waals surface area contributed by atoms with Gasteiger partial charge >= 0.3 is 11.9 Å². The van der Waals surface area contributed by atoms with Crippen molar-refractivity contribution >= 4 is 11.9 Å². The first-order chi connectivity index (χ1) is 11.4. The molecule has 24 heavy (non-hydrogen) atoms. The van der Waals surface area contributed by atoms with Gasteiger partial charge in [0.2, 0.25) is 0 Å². The smallest absolute Gasteiger partial charge is 0.331 e. The number of carbonyl (C=O) groups is 2. The largest absolute Gasteiger partial charge is 0.459 e. The van der Waals surface area contributed by atoms with Crippen molar-refractivity contribution in [1.82, 2.24) is 0 Å². The van der Waals surface area contributed by atoms with E-state index >= 15 is 0 Å². The SMILES string of the molecule is C=C[C@H]1OC(=O)C=C2C3(C)C[C@@H]4O[C@@H]4[C@]4(C)C(=O)O[C@@H]([C@H]34)[C@H]3O[C@@]231.